The quantitative estimate of drug-likeness (QED) is 0.737. The maximum atomic E-state index is 6.07. The van der Waals surface area contributed by atoms with E-state index in [4.69, 9.17) is 9.47 Å². The largest absolute Gasteiger partial charge is 0.488 e. The Morgan fingerprint density at radius 3 is 2.58 bits per heavy atom. The van der Waals surface area contributed by atoms with Crippen LogP contribution in [0.15, 0.2) is 18.2 Å². The number of rotatable bonds is 5. The molecule has 0 amide bonds. The topological polar surface area (TPSA) is 21.8 Å². The van der Waals surface area contributed by atoms with Crippen molar-refractivity contribution in [2.45, 2.75) is 65.1 Å². The lowest BCUT2D eigenvalue weighted by molar-refractivity contribution is 0.129. The molecule has 1 aromatic carbocycles. The van der Waals surface area contributed by atoms with Crippen molar-refractivity contribution >= 4 is 0 Å². The lowest BCUT2D eigenvalue weighted by Gasteiger charge is -2.24. The lowest BCUT2D eigenvalue weighted by Crippen LogP contribution is -2.24. The van der Waals surface area contributed by atoms with Crippen LogP contribution < -0.4 is 4.74 Å². The Morgan fingerprint density at radius 1 is 1.37 bits per heavy atom. The van der Waals surface area contributed by atoms with Crippen molar-refractivity contribution in [2.75, 3.05) is 6.61 Å². The lowest BCUT2D eigenvalue weighted by atomic mass is 9.95. The first-order valence-electron chi connectivity index (χ1n) is 7.32. The molecule has 1 aromatic rings. The molecule has 0 aromatic heterocycles. The average molecular weight is 262 g/mol. The third-order valence-corrected chi connectivity index (χ3v) is 3.53. The van der Waals surface area contributed by atoms with Crippen LogP contribution in [0.3, 0.4) is 0 Å². The van der Waals surface area contributed by atoms with Crippen LogP contribution in [0, 0.1) is 0 Å². The number of ether oxygens (including phenoxy) is 2. The number of hydrogen-bond donors (Lipinski definition) is 0. The second-order valence-electron chi connectivity index (χ2n) is 6.55. The van der Waals surface area contributed by atoms with E-state index in [-0.39, 0.29) is 5.60 Å². The van der Waals surface area contributed by atoms with Crippen LogP contribution in [0.2, 0.25) is 0 Å². The van der Waals surface area contributed by atoms with Gasteiger partial charge in [-0.3, -0.25) is 0 Å². The van der Waals surface area contributed by atoms with E-state index >= 15 is 0 Å². The molecular formula is C17H26O2. The summed E-state index contributed by atoms with van der Waals surface area (Å²) in [5.41, 5.74) is 2.53. The summed E-state index contributed by atoms with van der Waals surface area (Å²) in [5, 5.41) is 0. The first-order chi connectivity index (χ1) is 8.89. The molecule has 0 spiro atoms. The highest BCUT2D eigenvalue weighted by Gasteiger charge is 2.25. The molecule has 2 atom stereocenters. The highest BCUT2D eigenvalue weighted by Crippen LogP contribution is 2.31. The van der Waals surface area contributed by atoms with Gasteiger partial charge in [0.05, 0.1) is 12.7 Å². The molecule has 2 nitrogen and oxygen atoms in total. The van der Waals surface area contributed by atoms with Crippen molar-refractivity contribution in [2.24, 2.45) is 0 Å². The van der Waals surface area contributed by atoms with E-state index in [1.165, 1.54) is 17.5 Å². The highest BCUT2D eigenvalue weighted by molar-refractivity contribution is 5.39. The van der Waals surface area contributed by atoms with E-state index in [1.807, 2.05) is 0 Å². The molecule has 2 unspecified atom stereocenters. The molecule has 1 saturated heterocycles. The van der Waals surface area contributed by atoms with Crippen molar-refractivity contribution in [3.8, 4) is 5.75 Å². The van der Waals surface area contributed by atoms with E-state index in [2.05, 4.69) is 52.8 Å². The zero-order valence-electron chi connectivity index (χ0n) is 12.8. The van der Waals surface area contributed by atoms with Crippen LogP contribution in [0.1, 0.15) is 58.1 Å². The fraction of sp³-hybridized carbons (Fsp3) is 0.647. The SMILES string of the molecule is CCC(C)c1ccc(OC(C)(C)C)c(CC2CO2)c1. The Kier molecular flexibility index (Phi) is 4.19. The van der Waals surface area contributed by atoms with Crippen LogP contribution in [-0.4, -0.2) is 18.3 Å². The molecule has 1 fully saturated rings. The maximum Gasteiger partial charge on any atom is 0.123 e. The third-order valence-electron chi connectivity index (χ3n) is 3.53. The molecule has 1 heterocycles. The Labute approximate surface area is 117 Å². The standard InChI is InChI=1S/C17H26O2/c1-6-12(2)13-7-8-16(19-17(3,4)5)14(9-13)10-15-11-18-15/h7-9,12,15H,6,10-11H2,1-5H3. The van der Waals surface area contributed by atoms with Gasteiger partial charge in [-0.2, -0.15) is 0 Å². The van der Waals surface area contributed by atoms with Crippen molar-refractivity contribution in [3.05, 3.63) is 29.3 Å². The van der Waals surface area contributed by atoms with Crippen molar-refractivity contribution in [1.29, 1.82) is 0 Å². The van der Waals surface area contributed by atoms with Crippen LogP contribution in [0.4, 0.5) is 0 Å². The normalized spacial score (nSPS) is 20.2. The molecule has 0 bridgehead atoms. The summed E-state index contributed by atoms with van der Waals surface area (Å²) < 4.78 is 11.4. The van der Waals surface area contributed by atoms with Gasteiger partial charge in [-0.1, -0.05) is 26.0 Å². The van der Waals surface area contributed by atoms with E-state index in [0.29, 0.717) is 12.0 Å². The Hall–Kier alpha value is -1.02. The van der Waals surface area contributed by atoms with Gasteiger partial charge in [0.1, 0.15) is 11.4 Å². The molecule has 19 heavy (non-hydrogen) atoms. The number of benzene rings is 1. The Morgan fingerprint density at radius 2 is 2.05 bits per heavy atom. The van der Waals surface area contributed by atoms with Crippen LogP contribution in [0.5, 0.6) is 5.75 Å². The molecule has 0 N–H and O–H groups in total. The summed E-state index contributed by atoms with van der Waals surface area (Å²) in [4.78, 5) is 0. The average Bonchev–Trinajstić information content (AvgIpc) is 3.12. The van der Waals surface area contributed by atoms with Gasteiger partial charge in [-0.15, -0.1) is 0 Å². The molecule has 0 aliphatic carbocycles. The first-order valence-corrected chi connectivity index (χ1v) is 7.32. The van der Waals surface area contributed by atoms with Gasteiger partial charge in [0.25, 0.3) is 0 Å². The zero-order chi connectivity index (χ0) is 14.0. The fourth-order valence-electron chi connectivity index (χ4n) is 2.16. The fourth-order valence-corrected chi connectivity index (χ4v) is 2.16. The molecule has 1 aliphatic heterocycles. The monoisotopic (exact) mass is 262 g/mol. The van der Waals surface area contributed by atoms with E-state index < -0.39 is 0 Å². The van der Waals surface area contributed by atoms with E-state index in [1.54, 1.807) is 0 Å². The van der Waals surface area contributed by atoms with Gasteiger partial charge in [-0.25, -0.2) is 0 Å². The van der Waals surface area contributed by atoms with Gasteiger partial charge < -0.3 is 9.47 Å². The van der Waals surface area contributed by atoms with E-state index in [9.17, 15) is 0 Å². The first kappa shape index (κ1) is 14.4. The molecule has 2 rings (SSSR count). The summed E-state index contributed by atoms with van der Waals surface area (Å²) in [5.74, 6) is 1.61. The van der Waals surface area contributed by atoms with Crippen molar-refractivity contribution < 1.29 is 9.47 Å². The Balaban J connectivity index is 2.25. The maximum absolute atomic E-state index is 6.07. The van der Waals surface area contributed by atoms with Crippen LogP contribution >= 0.6 is 0 Å². The molecule has 2 heteroatoms. The molecule has 106 valence electrons. The minimum absolute atomic E-state index is 0.156. The van der Waals surface area contributed by atoms with Crippen molar-refractivity contribution in [1.82, 2.24) is 0 Å². The van der Waals surface area contributed by atoms with Gasteiger partial charge in [0.15, 0.2) is 0 Å². The second-order valence-corrected chi connectivity index (χ2v) is 6.55. The summed E-state index contributed by atoms with van der Waals surface area (Å²) in [6.45, 7) is 11.7. The van der Waals surface area contributed by atoms with Crippen LogP contribution in [0.25, 0.3) is 0 Å². The molecular weight excluding hydrogens is 236 g/mol. The van der Waals surface area contributed by atoms with Crippen LogP contribution in [-0.2, 0) is 11.2 Å². The van der Waals surface area contributed by atoms with Gasteiger partial charge in [-0.05, 0) is 50.3 Å². The summed E-state index contributed by atoms with van der Waals surface area (Å²) in [6, 6.07) is 6.63. The number of hydrogen-bond acceptors (Lipinski definition) is 2. The van der Waals surface area contributed by atoms with E-state index in [0.717, 1.165) is 18.8 Å². The second kappa shape index (κ2) is 5.54. The molecule has 0 radical (unpaired) electrons. The smallest absolute Gasteiger partial charge is 0.123 e. The van der Waals surface area contributed by atoms with Gasteiger partial charge in [0.2, 0.25) is 0 Å². The summed E-state index contributed by atoms with van der Waals surface area (Å²) >= 11 is 0. The molecule has 0 saturated carbocycles. The third kappa shape index (κ3) is 4.24. The Bertz CT molecular complexity index is 427. The number of epoxide rings is 1. The summed E-state index contributed by atoms with van der Waals surface area (Å²) in [6.07, 6.45) is 2.53. The predicted molar refractivity (Wildman–Crippen MR) is 79.0 cm³/mol. The minimum Gasteiger partial charge on any atom is -0.488 e. The minimum atomic E-state index is -0.156. The van der Waals surface area contributed by atoms with Crippen molar-refractivity contribution in [3.63, 3.8) is 0 Å². The summed E-state index contributed by atoms with van der Waals surface area (Å²) in [7, 11) is 0. The highest BCUT2D eigenvalue weighted by atomic mass is 16.6. The zero-order valence-corrected chi connectivity index (χ0v) is 12.8. The predicted octanol–water partition coefficient (Wildman–Crippen LogP) is 4.32. The molecule has 1 aliphatic rings. The van der Waals surface area contributed by atoms with Gasteiger partial charge in [0, 0.05) is 6.42 Å². The van der Waals surface area contributed by atoms with Gasteiger partial charge >= 0.3 is 0 Å².